The summed E-state index contributed by atoms with van der Waals surface area (Å²) in [5.74, 6) is -7.75. The number of fused-ring (bicyclic) bond motifs is 3. The first-order chi connectivity index (χ1) is 54.5. The number of benzene rings is 3. The molecule has 3 unspecified atom stereocenters. The Balaban J connectivity index is 0.000000241. The molecule has 3 fully saturated rings. The normalized spacial score (nSPS) is 17.2. The Bertz CT molecular complexity index is 3510. The molecule has 3 aromatic carbocycles. The lowest BCUT2D eigenvalue weighted by Gasteiger charge is -2.27. The van der Waals surface area contributed by atoms with Crippen LogP contribution in [0.1, 0.15) is 135 Å². The highest BCUT2D eigenvalue weighted by molar-refractivity contribution is 6.27. The van der Waals surface area contributed by atoms with Crippen LogP contribution < -0.4 is 43.4 Å². The van der Waals surface area contributed by atoms with Gasteiger partial charge in [-0.15, -0.1) is 0 Å². The number of imide groups is 6. The molecule has 0 radical (unpaired) electrons. The van der Waals surface area contributed by atoms with Crippen LogP contribution in [0, 0.1) is 5.82 Å². The lowest BCUT2D eigenvalue weighted by Crippen LogP contribution is -2.54. The quantitative estimate of drug-likeness (QED) is 0.0291. The molecule has 3 aromatic rings. The van der Waals surface area contributed by atoms with Crippen molar-refractivity contribution >= 4 is 88.4 Å². The number of carbonyl (C=O) groups excluding carboxylic acids is 13. The third kappa shape index (κ3) is 30.6. The number of nitrogens with zero attached hydrogens (tertiary/aromatic N) is 3. The van der Waals surface area contributed by atoms with Crippen LogP contribution >= 0.6 is 0 Å². The van der Waals surface area contributed by atoms with E-state index in [4.69, 9.17) is 73.0 Å². The number of hydrogen-bond acceptors (Lipinski definition) is 30. The van der Waals surface area contributed by atoms with Gasteiger partial charge in [-0.25, -0.2) is 9.18 Å². The molecule has 9 rings (SSSR count). The van der Waals surface area contributed by atoms with Crippen molar-refractivity contribution in [2.75, 3.05) is 202 Å². The van der Waals surface area contributed by atoms with Crippen LogP contribution in [0.3, 0.4) is 0 Å². The van der Waals surface area contributed by atoms with Crippen LogP contribution in [0.2, 0.25) is 0 Å². The van der Waals surface area contributed by atoms with Gasteiger partial charge in [0.1, 0.15) is 29.5 Å². The van der Waals surface area contributed by atoms with Gasteiger partial charge in [0.15, 0.2) is 0 Å². The summed E-state index contributed by atoms with van der Waals surface area (Å²) in [6, 6.07) is 10.5. The molecule has 37 nitrogen and oxygen atoms in total. The maximum atomic E-state index is 13.7. The summed E-state index contributed by atoms with van der Waals surface area (Å²) in [7, 11) is 0. The Hall–Kier alpha value is -9.26. The molecule has 624 valence electrons. The maximum absolute atomic E-state index is 13.7. The average molecular weight is 1600 g/mol. The minimum Gasteiger partial charge on any atom is -0.444 e. The zero-order chi connectivity index (χ0) is 81.9. The second-order valence-corrected chi connectivity index (χ2v) is 26.2. The minimum atomic E-state index is -1.07. The van der Waals surface area contributed by atoms with Crippen molar-refractivity contribution in [2.45, 2.75) is 96.4 Å². The predicted octanol–water partition coefficient (Wildman–Crippen LogP) is 1.26. The smallest absolute Gasteiger partial charge is 0.407 e. The number of ether oxygens (including phenoxy) is 13. The lowest BCUT2D eigenvalue weighted by atomic mass is 10.0. The van der Waals surface area contributed by atoms with Gasteiger partial charge in [0.25, 0.3) is 35.4 Å². The third-order valence-electron chi connectivity index (χ3n) is 16.6. The summed E-state index contributed by atoms with van der Waals surface area (Å²) in [4.78, 5) is 160. The van der Waals surface area contributed by atoms with E-state index in [0.29, 0.717) is 196 Å². The second-order valence-electron chi connectivity index (χ2n) is 26.2. The van der Waals surface area contributed by atoms with Crippen molar-refractivity contribution in [3.63, 3.8) is 0 Å². The minimum absolute atomic E-state index is 0.0340. The van der Waals surface area contributed by atoms with E-state index in [9.17, 15) is 66.7 Å². The number of halogens is 1. The topological polar surface area (TPSA) is 476 Å². The summed E-state index contributed by atoms with van der Waals surface area (Å²) in [5.41, 5.74) is 11.6. The molecule has 6 aliphatic heterocycles. The molecule has 0 aliphatic carbocycles. The summed E-state index contributed by atoms with van der Waals surface area (Å²) < 4.78 is 83.0. The SMILES string of the molecule is CC(C)(C)OC(=O)NCCOCCOCCOCCOCCN.CCCOCCOCCOCCOCCNc1cccc2c1C(=O)N(C1CCC(=O)NC1=O)C2=O.NCCOCCOCCOCCOCCNc1cccc2c1C(=O)N(C1CCC(=O)NC1=O)C2=O.O=C1CCC(N2C(=O)c3cccc(F)c3C2=O)C(=O)N1. The molecular weight excluding hydrogens is 1490 g/mol. The van der Waals surface area contributed by atoms with Gasteiger partial charge in [0, 0.05) is 70.0 Å². The third-order valence-corrected chi connectivity index (χ3v) is 16.6. The fourth-order valence-electron chi connectivity index (χ4n) is 11.4. The molecule has 6 heterocycles. The van der Waals surface area contributed by atoms with E-state index in [1.165, 1.54) is 12.1 Å². The number of amides is 13. The van der Waals surface area contributed by atoms with Gasteiger partial charge in [-0.1, -0.05) is 25.1 Å². The number of alkyl carbamates (subject to hydrolysis) is 1. The van der Waals surface area contributed by atoms with Gasteiger partial charge >= 0.3 is 6.09 Å². The van der Waals surface area contributed by atoms with Gasteiger partial charge in [-0.3, -0.25) is 88.2 Å². The van der Waals surface area contributed by atoms with Crippen LogP contribution in [-0.2, 0) is 90.3 Å². The van der Waals surface area contributed by atoms with Gasteiger partial charge in [0.05, 0.1) is 185 Å². The van der Waals surface area contributed by atoms with Crippen LogP contribution in [0.5, 0.6) is 0 Å². The molecule has 113 heavy (non-hydrogen) atoms. The van der Waals surface area contributed by atoms with Crippen LogP contribution in [-0.4, -0.2) is 307 Å². The van der Waals surface area contributed by atoms with Crippen LogP contribution in [0.15, 0.2) is 54.6 Å². The molecule has 0 aromatic heterocycles. The van der Waals surface area contributed by atoms with Crippen LogP contribution in [0.25, 0.3) is 0 Å². The number of carbonyl (C=O) groups is 13. The number of hydrogen-bond donors (Lipinski definition) is 8. The molecule has 10 N–H and O–H groups in total. The molecule has 3 atom stereocenters. The van der Waals surface area contributed by atoms with Crippen molar-refractivity contribution in [2.24, 2.45) is 11.5 Å². The first-order valence-corrected chi connectivity index (χ1v) is 37.5. The van der Waals surface area contributed by atoms with Crippen molar-refractivity contribution in [1.82, 2.24) is 36.0 Å². The second kappa shape index (κ2) is 50.8. The Morgan fingerprint density at radius 2 is 0.681 bits per heavy atom. The number of anilines is 2. The summed E-state index contributed by atoms with van der Waals surface area (Å²) in [6.45, 7) is 21.5. The highest BCUT2D eigenvalue weighted by atomic mass is 19.1. The van der Waals surface area contributed by atoms with E-state index in [1.54, 1.807) is 36.4 Å². The van der Waals surface area contributed by atoms with Crippen molar-refractivity contribution in [3.05, 3.63) is 93.8 Å². The first kappa shape index (κ1) is 92.6. The number of nitrogens with one attached hydrogen (secondary N) is 6. The molecule has 38 heteroatoms. The van der Waals surface area contributed by atoms with Crippen molar-refractivity contribution in [1.29, 1.82) is 0 Å². The summed E-state index contributed by atoms with van der Waals surface area (Å²) in [6.07, 6.45) is 1.03. The monoisotopic (exact) mass is 1600 g/mol. The number of piperidine rings is 3. The zero-order valence-electron chi connectivity index (χ0n) is 64.4. The van der Waals surface area contributed by atoms with E-state index in [0.717, 1.165) is 33.8 Å². The maximum Gasteiger partial charge on any atom is 0.407 e. The summed E-state index contributed by atoms with van der Waals surface area (Å²) >= 11 is 0. The highest BCUT2D eigenvalue weighted by Crippen LogP contribution is 2.35. The number of nitrogens with two attached hydrogens (primary N) is 2. The van der Waals surface area contributed by atoms with Crippen molar-refractivity contribution < 1.29 is 128 Å². The van der Waals surface area contributed by atoms with E-state index in [-0.39, 0.29) is 71.9 Å². The van der Waals surface area contributed by atoms with Gasteiger partial charge in [-0.2, -0.15) is 0 Å². The van der Waals surface area contributed by atoms with Crippen molar-refractivity contribution in [3.8, 4) is 0 Å². The van der Waals surface area contributed by atoms with Gasteiger partial charge < -0.3 is 89.0 Å². The van der Waals surface area contributed by atoms with E-state index in [2.05, 4.69) is 38.8 Å². The lowest BCUT2D eigenvalue weighted by molar-refractivity contribution is -0.137. The van der Waals surface area contributed by atoms with Gasteiger partial charge in [-0.05, 0) is 82.9 Å². The molecule has 0 spiro atoms. The fraction of sp³-hybridized carbons (Fsp3) is 0.587. The highest BCUT2D eigenvalue weighted by Gasteiger charge is 2.49. The van der Waals surface area contributed by atoms with Crippen LogP contribution in [0.4, 0.5) is 20.6 Å². The summed E-state index contributed by atoms with van der Waals surface area (Å²) in [5, 5.41) is 15.3. The Morgan fingerprint density at radius 1 is 0.398 bits per heavy atom. The largest absolute Gasteiger partial charge is 0.444 e. The molecule has 0 saturated carbocycles. The Morgan fingerprint density at radius 3 is 0.982 bits per heavy atom. The Kier molecular flexibility index (Phi) is 41.6. The zero-order valence-corrected chi connectivity index (χ0v) is 64.4. The van der Waals surface area contributed by atoms with Gasteiger partial charge in [0.2, 0.25) is 35.4 Å². The fourth-order valence-corrected chi connectivity index (χ4v) is 11.4. The first-order valence-electron chi connectivity index (χ1n) is 37.5. The molecule has 3 saturated heterocycles. The predicted molar refractivity (Wildman–Crippen MR) is 399 cm³/mol. The molecular formula is C75H106FN11O26. The van der Waals surface area contributed by atoms with E-state index in [1.807, 2.05) is 20.8 Å². The average Bonchev–Trinajstić information content (AvgIpc) is 1.62. The van der Waals surface area contributed by atoms with E-state index >= 15 is 0 Å². The molecule has 0 bridgehead atoms. The standard InChI is InChI=1S/C24H33N3O8.C23H32N4O8.C15H32N2O6.C13H9FN2O4/c1-2-9-32-11-13-34-15-16-35-14-12-33-10-8-25-18-5-3-4-17-21(18)24(31)27(23(17)30)19-6-7-20(28)26-22(19)29;24-6-8-32-10-12-34-14-15-35-13-11-33-9-7-25-17-3-1-2-16-20(17)23(31)27(22(16)30)18-4-5-19(28)26-21(18)29;1-15(2,3)23-14(18)17-5-7-20-9-11-22-13-12-21-10-8-19-6-4-16;14-7-3-1-2-6-10(7)13(20)16(12(6)19)8-4-5-9(17)15-11(8)18/h3-5,19,25H,2,6-16H2,1H3,(H,26,28,29);1-3,18,25H,4-15,24H2,(H,26,28,29);4-13,16H2,1-3H3,(H,17,18);1-3,8H,4-5H2,(H,15,17,18). The van der Waals surface area contributed by atoms with E-state index < -0.39 is 107 Å². The molecule has 6 aliphatic rings. The number of rotatable bonds is 47. The molecule has 13 amide bonds. The Labute approximate surface area is 653 Å².